The summed E-state index contributed by atoms with van der Waals surface area (Å²) in [5.74, 6) is -1.33. The van der Waals surface area contributed by atoms with Gasteiger partial charge in [0, 0.05) is 0 Å². The Labute approximate surface area is 137 Å². The zero-order valence-electron chi connectivity index (χ0n) is 12.7. The number of aliphatic carboxylic acids is 1. The van der Waals surface area contributed by atoms with Crippen LogP contribution in [0.3, 0.4) is 0 Å². The zero-order valence-corrected chi connectivity index (χ0v) is 14.3. The number of rotatable bonds is 8. The second-order valence-electron chi connectivity index (χ2n) is 5.20. The highest BCUT2D eigenvalue weighted by molar-refractivity contribution is 7.98. The van der Waals surface area contributed by atoms with E-state index in [0.717, 1.165) is 0 Å². The maximum atomic E-state index is 12.3. The van der Waals surface area contributed by atoms with E-state index in [2.05, 4.69) is 10.6 Å². The summed E-state index contributed by atoms with van der Waals surface area (Å²) in [5.41, 5.74) is -1.20. The summed E-state index contributed by atoms with van der Waals surface area (Å²) in [6.45, 7) is 3.09. The fourth-order valence-electron chi connectivity index (χ4n) is 1.64. The summed E-state index contributed by atoms with van der Waals surface area (Å²) >= 11 is 2.78. The molecular weight excluding hydrogens is 324 g/mol. The van der Waals surface area contributed by atoms with Gasteiger partial charge in [0.2, 0.25) is 5.91 Å². The van der Waals surface area contributed by atoms with E-state index in [1.807, 2.05) is 6.26 Å². The van der Waals surface area contributed by atoms with Crippen molar-refractivity contribution in [2.24, 2.45) is 0 Å². The van der Waals surface area contributed by atoms with Crippen molar-refractivity contribution in [3.05, 3.63) is 22.4 Å². The lowest BCUT2D eigenvalue weighted by molar-refractivity contribution is -0.142. The van der Waals surface area contributed by atoms with Gasteiger partial charge >= 0.3 is 5.97 Å². The molecule has 0 aromatic carbocycles. The second-order valence-corrected chi connectivity index (χ2v) is 7.14. The molecule has 8 heteroatoms. The maximum Gasteiger partial charge on any atom is 0.326 e. The highest BCUT2D eigenvalue weighted by Gasteiger charge is 2.33. The molecule has 0 aliphatic heterocycles. The fourth-order valence-corrected chi connectivity index (χ4v) is 2.73. The van der Waals surface area contributed by atoms with E-state index in [1.165, 1.54) is 23.1 Å². The molecule has 0 radical (unpaired) electrons. The molecule has 6 nitrogen and oxygen atoms in total. The SMILES string of the molecule is CSCCC(NC(=O)C(C)(C)NC(=O)c1cccs1)C(=O)O. The molecule has 0 aliphatic rings. The Morgan fingerprint density at radius 1 is 1.41 bits per heavy atom. The number of carbonyl (C=O) groups excluding carboxylic acids is 2. The van der Waals surface area contributed by atoms with Gasteiger partial charge in [-0.3, -0.25) is 9.59 Å². The van der Waals surface area contributed by atoms with E-state index in [4.69, 9.17) is 5.11 Å². The summed E-state index contributed by atoms with van der Waals surface area (Å²) in [4.78, 5) is 35.9. The largest absolute Gasteiger partial charge is 0.480 e. The first kappa shape index (κ1) is 18.5. The Hall–Kier alpha value is -1.54. The molecular formula is C14H20N2O4S2. The molecule has 1 atom stereocenters. The smallest absolute Gasteiger partial charge is 0.326 e. The molecule has 22 heavy (non-hydrogen) atoms. The topological polar surface area (TPSA) is 95.5 Å². The van der Waals surface area contributed by atoms with E-state index in [-0.39, 0.29) is 5.91 Å². The summed E-state index contributed by atoms with van der Waals surface area (Å²) in [6, 6.07) is 2.44. The number of hydrogen-bond acceptors (Lipinski definition) is 5. The lowest BCUT2D eigenvalue weighted by atomic mass is 10.0. The standard InChI is InChI=1S/C14H20N2O4S2/c1-14(2,16-11(17)10-5-4-7-22-10)13(20)15-9(12(18)19)6-8-21-3/h4-5,7,9H,6,8H2,1-3H3,(H,15,20)(H,16,17)(H,18,19). The summed E-state index contributed by atoms with van der Waals surface area (Å²) in [5, 5.41) is 16.0. The van der Waals surface area contributed by atoms with Gasteiger partial charge in [-0.2, -0.15) is 11.8 Å². The van der Waals surface area contributed by atoms with Crippen molar-refractivity contribution in [2.45, 2.75) is 31.8 Å². The third-order valence-corrected chi connectivity index (χ3v) is 4.47. The number of hydrogen-bond donors (Lipinski definition) is 3. The number of amides is 2. The molecule has 3 N–H and O–H groups in total. The van der Waals surface area contributed by atoms with Crippen LogP contribution in [0.4, 0.5) is 0 Å². The van der Waals surface area contributed by atoms with Crippen LogP contribution in [0.1, 0.15) is 29.9 Å². The minimum absolute atomic E-state index is 0.331. The van der Waals surface area contributed by atoms with Crippen molar-refractivity contribution in [3.8, 4) is 0 Å². The van der Waals surface area contributed by atoms with Gasteiger partial charge in [0.25, 0.3) is 5.91 Å². The van der Waals surface area contributed by atoms with Gasteiger partial charge in [-0.15, -0.1) is 11.3 Å². The average Bonchev–Trinajstić information content (AvgIpc) is 2.96. The summed E-state index contributed by atoms with van der Waals surface area (Å²) < 4.78 is 0. The van der Waals surface area contributed by atoms with Crippen molar-refractivity contribution in [3.63, 3.8) is 0 Å². The normalized spacial score (nSPS) is 12.5. The van der Waals surface area contributed by atoms with Gasteiger partial charge < -0.3 is 15.7 Å². The first-order chi connectivity index (χ1) is 10.3. The Morgan fingerprint density at radius 3 is 2.59 bits per heavy atom. The number of carboxylic acid groups (broad SMARTS) is 1. The van der Waals surface area contributed by atoms with Crippen molar-refractivity contribution < 1.29 is 19.5 Å². The number of thioether (sulfide) groups is 1. The Kier molecular flexibility index (Phi) is 6.89. The molecule has 0 bridgehead atoms. The minimum Gasteiger partial charge on any atom is -0.480 e. The van der Waals surface area contributed by atoms with Crippen LogP contribution in [0, 0.1) is 0 Å². The number of thiophene rings is 1. The van der Waals surface area contributed by atoms with Gasteiger partial charge in [-0.25, -0.2) is 4.79 Å². The van der Waals surface area contributed by atoms with Crippen molar-refractivity contribution >= 4 is 40.9 Å². The molecule has 1 rings (SSSR count). The number of carbonyl (C=O) groups is 3. The molecule has 0 saturated carbocycles. The van der Waals surface area contributed by atoms with E-state index < -0.39 is 23.5 Å². The summed E-state index contributed by atoms with van der Waals surface area (Å²) in [7, 11) is 0. The van der Waals surface area contributed by atoms with E-state index >= 15 is 0 Å². The van der Waals surface area contributed by atoms with E-state index in [9.17, 15) is 14.4 Å². The van der Waals surface area contributed by atoms with Crippen molar-refractivity contribution in [1.29, 1.82) is 0 Å². The van der Waals surface area contributed by atoms with Crippen LogP contribution in [0.5, 0.6) is 0 Å². The molecule has 1 aromatic rings. The Balaban J connectivity index is 2.68. The second kappa shape index (κ2) is 8.19. The van der Waals surface area contributed by atoms with Crippen LogP contribution < -0.4 is 10.6 Å². The minimum atomic E-state index is -1.20. The predicted octanol–water partition coefficient (Wildman–Crippen LogP) is 1.58. The Morgan fingerprint density at radius 2 is 2.09 bits per heavy atom. The first-order valence-corrected chi connectivity index (χ1v) is 8.94. The first-order valence-electron chi connectivity index (χ1n) is 6.66. The molecule has 1 unspecified atom stereocenters. The van der Waals surface area contributed by atoms with Crippen molar-refractivity contribution in [1.82, 2.24) is 10.6 Å². The predicted molar refractivity (Wildman–Crippen MR) is 88.4 cm³/mol. The van der Waals surface area contributed by atoms with Crippen LogP contribution in [0.2, 0.25) is 0 Å². The monoisotopic (exact) mass is 344 g/mol. The van der Waals surface area contributed by atoms with Gasteiger partial charge in [-0.05, 0) is 43.7 Å². The number of nitrogens with one attached hydrogen (secondary N) is 2. The maximum absolute atomic E-state index is 12.3. The highest BCUT2D eigenvalue weighted by atomic mass is 32.2. The molecule has 0 spiro atoms. The van der Waals surface area contributed by atoms with Crippen LogP contribution in [0.15, 0.2) is 17.5 Å². The highest BCUT2D eigenvalue weighted by Crippen LogP contribution is 2.12. The quantitative estimate of drug-likeness (QED) is 0.665. The molecule has 2 amide bonds. The third kappa shape index (κ3) is 5.34. The Bertz CT molecular complexity index is 529. The van der Waals surface area contributed by atoms with Gasteiger partial charge in [0.15, 0.2) is 0 Å². The fraction of sp³-hybridized carbons (Fsp3) is 0.500. The average molecular weight is 344 g/mol. The van der Waals surface area contributed by atoms with Crippen LogP contribution in [-0.4, -0.2) is 46.5 Å². The van der Waals surface area contributed by atoms with Gasteiger partial charge in [0.1, 0.15) is 11.6 Å². The summed E-state index contributed by atoms with van der Waals surface area (Å²) in [6.07, 6.45) is 2.20. The van der Waals surface area contributed by atoms with Crippen molar-refractivity contribution in [2.75, 3.05) is 12.0 Å². The van der Waals surface area contributed by atoms with E-state index in [0.29, 0.717) is 17.1 Å². The lowest BCUT2D eigenvalue weighted by Gasteiger charge is -2.26. The van der Waals surface area contributed by atoms with Crippen LogP contribution in [-0.2, 0) is 9.59 Å². The third-order valence-electron chi connectivity index (χ3n) is 2.95. The van der Waals surface area contributed by atoms with Crippen LogP contribution in [0.25, 0.3) is 0 Å². The molecule has 1 heterocycles. The molecule has 0 saturated heterocycles. The molecule has 0 fully saturated rings. The molecule has 122 valence electrons. The van der Waals surface area contributed by atoms with E-state index in [1.54, 1.807) is 31.4 Å². The van der Waals surface area contributed by atoms with Gasteiger partial charge in [0.05, 0.1) is 4.88 Å². The molecule has 1 aromatic heterocycles. The zero-order chi connectivity index (χ0) is 16.8. The lowest BCUT2D eigenvalue weighted by Crippen LogP contribution is -2.57. The van der Waals surface area contributed by atoms with Gasteiger partial charge in [-0.1, -0.05) is 6.07 Å². The number of carboxylic acids is 1. The molecule has 0 aliphatic carbocycles. The van der Waals surface area contributed by atoms with Crippen LogP contribution >= 0.6 is 23.1 Å².